The van der Waals surface area contributed by atoms with E-state index in [1.165, 1.54) is 0 Å². The molecule has 1 heterocycles. The molecule has 0 radical (unpaired) electrons. The molecular weight excluding hydrogens is 482 g/mol. The number of carboxylic acid groups (broad SMARTS) is 1. The molecule has 2 aromatic rings. The van der Waals surface area contributed by atoms with E-state index in [0.717, 1.165) is 16.5 Å². The van der Waals surface area contributed by atoms with Gasteiger partial charge in [0, 0.05) is 29.9 Å². The lowest BCUT2D eigenvalue weighted by Crippen LogP contribution is -2.54. The van der Waals surface area contributed by atoms with Crippen LogP contribution >= 0.6 is 0 Å². The largest absolute Gasteiger partial charge is 0.480 e. The van der Waals surface area contributed by atoms with Crippen molar-refractivity contribution in [3.05, 3.63) is 36.0 Å². The quantitative estimate of drug-likeness (QED) is 0.123. The van der Waals surface area contributed by atoms with E-state index in [1.54, 1.807) is 6.20 Å². The van der Waals surface area contributed by atoms with Gasteiger partial charge in [0.1, 0.15) is 12.1 Å². The minimum Gasteiger partial charge on any atom is -0.480 e. The van der Waals surface area contributed by atoms with Crippen molar-refractivity contribution in [1.82, 2.24) is 20.9 Å². The average Bonchev–Trinajstić information content (AvgIpc) is 3.27. The lowest BCUT2D eigenvalue weighted by atomic mass is 10.0. The van der Waals surface area contributed by atoms with Gasteiger partial charge in [0.05, 0.1) is 12.6 Å². The Morgan fingerprint density at radius 1 is 0.973 bits per heavy atom. The molecule has 0 saturated carbocycles. The van der Waals surface area contributed by atoms with Crippen molar-refractivity contribution in [2.24, 2.45) is 17.2 Å². The van der Waals surface area contributed by atoms with Crippen LogP contribution in [0.2, 0.25) is 0 Å². The number of primary amides is 1. The van der Waals surface area contributed by atoms with Gasteiger partial charge in [-0.1, -0.05) is 18.2 Å². The summed E-state index contributed by atoms with van der Waals surface area (Å²) in [5.74, 6) is -3.79. The molecule has 13 nitrogen and oxygen atoms in total. The van der Waals surface area contributed by atoms with Crippen molar-refractivity contribution < 1.29 is 29.1 Å². The van der Waals surface area contributed by atoms with E-state index >= 15 is 0 Å². The topological polar surface area (TPSA) is 236 Å². The Morgan fingerprint density at radius 3 is 2.38 bits per heavy atom. The van der Waals surface area contributed by atoms with Gasteiger partial charge in [-0.05, 0) is 43.9 Å². The van der Waals surface area contributed by atoms with Gasteiger partial charge in [-0.3, -0.25) is 19.2 Å². The molecule has 0 fully saturated rings. The number of aromatic amines is 1. The molecule has 0 aliphatic carbocycles. The van der Waals surface area contributed by atoms with E-state index in [-0.39, 0.29) is 25.7 Å². The molecule has 1 aromatic heterocycles. The number of aromatic nitrogens is 1. The molecule has 1 aromatic carbocycles. The molecule has 0 spiro atoms. The zero-order valence-electron chi connectivity index (χ0n) is 20.5. The Kier molecular flexibility index (Phi) is 11.5. The number of fused-ring (bicyclic) bond motifs is 1. The van der Waals surface area contributed by atoms with Crippen LogP contribution in [0.15, 0.2) is 30.5 Å². The third-order valence-electron chi connectivity index (χ3n) is 5.77. The van der Waals surface area contributed by atoms with E-state index in [2.05, 4.69) is 20.9 Å². The van der Waals surface area contributed by atoms with E-state index in [9.17, 15) is 29.1 Å². The minimum absolute atomic E-state index is 0.0277. The van der Waals surface area contributed by atoms with E-state index in [1.807, 2.05) is 24.3 Å². The van der Waals surface area contributed by atoms with Crippen LogP contribution in [0.4, 0.5) is 0 Å². The molecule has 13 heteroatoms. The van der Waals surface area contributed by atoms with E-state index in [0.29, 0.717) is 19.4 Å². The fourth-order valence-electron chi connectivity index (χ4n) is 3.73. The number of unbranched alkanes of at least 4 members (excludes halogenated alkanes) is 1. The summed E-state index contributed by atoms with van der Waals surface area (Å²) in [4.78, 5) is 63.3. The minimum atomic E-state index is -1.23. The maximum Gasteiger partial charge on any atom is 0.326 e. The van der Waals surface area contributed by atoms with Gasteiger partial charge >= 0.3 is 5.97 Å². The van der Waals surface area contributed by atoms with Gasteiger partial charge in [-0.15, -0.1) is 0 Å². The first kappa shape index (κ1) is 29.3. The van der Waals surface area contributed by atoms with E-state index in [4.69, 9.17) is 17.2 Å². The Hall–Kier alpha value is -3.97. The predicted molar refractivity (Wildman–Crippen MR) is 136 cm³/mol. The van der Waals surface area contributed by atoms with Crippen molar-refractivity contribution >= 4 is 40.5 Å². The van der Waals surface area contributed by atoms with Crippen LogP contribution in [0.5, 0.6) is 0 Å². The van der Waals surface area contributed by atoms with Crippen LogP contribution < -0.4 is 33.2 Å². The molecule has 3 unspecified atom stereocenters. The number of carbonyl (C=O) groups excluding carboxylic acids is 4. The predicted octanol–water partition coefficient (Wildman–Crippen LogP) is -1.40. The number of benzene rings is 1. The molecule has 202 valence electrons. The number of carboxylic acids is 1. The van der Waals surface area contributed by atoms with Gasteiger partial charge in [0.2, 0.25) is 23.6 Å². The molecule has 2 rings (SSSR count). The van der Waals surface area contributed by atoms with Crippen LogP contribution in [0, 0.1) is 0 Å². The Morgan fingerprint density at radius 2 is 1.70 bits per heavy atom. The normalized spacial score (nSPS) is 13.4. The number of aliphatic carboxylic acids is 1. The molecule has 11 N–H and O–H groups in total. The molecule has 0 aliphatic heterocycles. The van der Waals surface area contributed by atoms with Crippen LogP contribution in [0.1, 0.15) is 37.7 Å². The summed E-state index contributed by atoms with van der Waals surface area (Å²) in [6, 6.07) is 4.11. The molecule has 0 aliphatic rings. The number of carbonyl (C=O) groups is 5. The first-order valence-electron chi connectivity index (χ1n) is 12.0. The summed E-state index contributed by atoms with van der Waals surface area (Å²) in [6.07, 6.45) is 3.02. The fraction of sp³-hybridized carbons (Fsp3) is 0.458. The number of rotatable bonds is 16. The lowest BCUT2D eigenvalue weighted by Gasteiger charge is -2.22. The van der Waals surface area contributed by atoms with Crippen molar-refractivity contribution in [2.75, 3.05) is 13.1 Å². The Balaban J connectivity index is 2.00. The number of hydrogen-bond donors (Lipinski definition) is 8. The van der Waals surface area contributed by atoms with Crippen LogP contribution in [-0.4, -0.2) is 70.9 Å². The summed E-state index contributed by atoms with van der Waals surface area (Å²) < 4.78 is 0. The number of nitrogens with one attached hydrogen (secondary N) is 4. The highest BCUT2D eigenvalue weighted by atomic mass is 16.4. The summed E-state index contributed by atoms with van der Waals surface area (Å²) in [5, 5.41) is 18.0. The van der Waals surface area contributed by atoms with Gasteiger partial charge in [0.25, 0.3) is 0 Å². The molecular formula is C24H35N7O6. The number of hydrogen-bond acceptors (Lipinski definition) is 7. The fourth-order valence-corrected chi connectivity index (χ4v) is 3.73. The van der Waals surface area contributed by atoms with Gasteiger partial charge in [-0.25, -0.2) is 4.79 Å². The summed E-state index contributed by atoms with van der Waals surface area (Å²) in [5.41, 5.74) is 17.8. The molecule has 3 atom stereocenters. The van der Waals surface area contributed by atoms with Gasteiger partial charge in [-0.2, -0.15) is 0 Å². The molecule has 4 amide bonds. The van der Waals surface area contributed by atoms with Crippen molar-refractivity contribution in [3.63, 3.8) is 0 Å². The SMILES string of the molecule is NCCCCC(NC(=O)CNC(=O)C(N)CCC(N)=O)C(=O)NC(Cc1c[nH]c2ccccc12)C(=O)O. The molecule has 0 saturated heterocycles. The highest BCUT2D eigenvalue weighted by Gasteiger charge is 2.27. The maximum atomic E-state index is 13.0. The van der Waals surface area contributed by atoms with Crippen LogP contribution in [-0.2, 0) is 30.4 Å². The van der Waals surface area contributed by atoms with Crippen LogP contribution in [0.25, 0.3) is 10.9 Å². The number of para-hydroxylation sites is 1. The second-order valence-electron chi connectivity index (χ2n) is 8.70. The van der Waals surface area contributed by atoms with Crippen molar-refractivity contribution in [3.8, 4) is 0 Å². The van der Waals surface area contributed by atoms with Crippen molar-refractivity contribution in [2.45, 2.75) is 56.7 Å². The highest BCUT2D eigenvalue weighted by molar-refractivity contribution is 5.93. The summed E-state index contributed by atoms with van der Waals surface area (Å²) in [6.45, 7) is -0.0681. The summed E-state index contributed by atoms with van der Waals surface area (Å²) in [7, 11) is 0. The zero-order valence-corrected chi connectivity index (χ0v) is 20.5. The monoisotopic (exact) mass is 517 g/mol. The Labute approximate surface area is 213 Å². The molecule has 0 bridgehead atoms. The first-order chi connectivity index (χ1) is 17.6. The van der Waals surface area contributed by atoms with Crippen molar-refractivity contribution in [1.29, 1.82) is 0 Å². The second-order valence-corrected chi connectivity index (χ2v) is 8.70. The number of H-pyrrole nitrogens is 1. The van der Waals surface area contributed by atoms with Gasteiger partial charge in [0.15, 0.2) is 0 Å². The second kappa shape index (κ2) is 14.6. The lowest BCUT2D eigenvalue weighted by molar-refractivity contribution is -0.142. The van der Waals surface area contributed by atoms with E-state index < -0.39 is 54.3 Å². The molecule has 37 heavy (non-hydrogen) atoms. The number of nitrogens with two attached hydrogens (primary N) is 3. The standard InChI is InChI=1S/C24H35N7O6/c25-10-4-3-7-18(30-21(33)13-29-22(34)16(26)8-9-20(27)32)23(35)31-19(24(36)37)11-14-12-28-17-6-2-1-5-15(14)17/h1-2,5-6,12,16,18-19,28H,3-4,7-11,13,25-26H2,(H2,27,32)(H,29,34)(H,30,33)(H,31,35)(H,36,37). The van der Waals surface area contributed by atoms with Gasteiger partial charge < -0.3 is 43.2 Å². The summed E-state index contributed by atoms with van der Waals surface area (Å²) >= 11 is 0. The Bertz CT molecular complexity index is 1100. The zero-order chi connectivity index (χ0) is 27.4. The average molecular weight is 518 g/mol. The maximum absolute atomic E-state index is 13.0. The highest BCUT2D eigenvalue weighted by Crippen LogP contribution is 2.19. The first-order valence-corrected chi connectivity index (χ1v) is 12.0. The van der Waals surface area contributed by atoms with Crippen LogP contribution in [0.3, 0.4) is 0 Å². The number of amides is 4. The third kappa shape index (κ3) is 9.54. The smallest absolute Gasteiger partial charge is 0.326 e. The third-order valence-corrected chi connectivity index (χ3v) is 5.77.